The zero-order valence-electron chi connectivity index (χ0n) is 12.2. The van der Waals surface area contributed by atoms with Crippen LogP contribution in [0.3, 0.4) is 0 Å². The highest BCUT2D eigenvalue weighted by molar-refractivity contribution is 14.0. The Kier molecular flexibility index (Phi) is 7.64. The summed E-state index contributed by atoms with van der Waals surface area (Å²) < 4.78 is 0. The number of hydrogen-bond acceptors (Lipinski definition) is 2. The van der Waals surface area contributed by atoms with Gasteiger partial charge in [-0.15, -0.1) is 24.0 Å². The lowest BCUT2D eigenvalue weighted by molar-refractivity contribution is 0.187. The molecule has 0 spiro atoms. The van der Waals surface area contributed by atoms with Gasteiger partial charge in [0.15, 0.2) is 5.96 Å². The standard InChI is InChI=1S/C16H18ClN3O.HI/c1-11-6-8-12(9-7-11)20-16(18)19-10-15(21)13-4-2-3-5-14(13)17;/h2-9,15,21H,10H2,1H3,(H3,18,19,20);1H. The summed E-state index contributed by atoms with van der Waals surface area (Å²) in [5, 5.41) is 13.6. The number of aryl methyl sites for hydroxylation is 1. The van der Waals surface area contributed by atoms with Gasteiger partial charge in [-0.1, -0.05) is 47.5 Å². The third-order valence-corrected chi connectivity index (χ3v) is 3.37. The Morgan fingerprint density at radius 2 is 1.86 bits per heavy atom. The first-order valence-electron chi connectivity index (χ1n) is 6.62. The number of halogens is 2. The van der Waals surface area contributed by atoms with E-state index in [9.17, 15) is 5.11 Å². The summed E-state index contributed by atoms with van der Waals surface area (Å²) in [6.07, 6.45) is -0.780. The number of hydrogen-bond donors (Lipinski definition) is 3. The van der Waals surface area contributed by atoms with Crippen molar-refractivity contribution in [2.45, 2.75) is 13.0 Å². The number of aliphatic imine (C=N–C) groups is 1. The molecule has 0 aliphatic rings. The summed E-state index contributed by atoms with van der Waals surface area (Å²) in [6.45, 7) is 2.16. The van der Waals surface area contributed by atoms with E-state index in [1.54, 1.807) is 12.1 Å². The summed E-state index contributed by atoms with van der Waals surface area (Å²) >= 11 is 6.02. The zero-order valence-corrected chi connectivity index (χ0v) is 15.2. The molecule has 2 aromatic carbocycles. The molecule has 0 fully saturated rings. The summed E-state index contributed by atoms with van der Waals surface area (Å²) in [7, 11) is 0. The monoisotopic (exact) mass is 431 g/mol. The van der Waals surface area contributed by atoms with Crippen LogP contribution in [0.4, 0.5) is 5.69 Å². The normalized spacial score (nSPS) is 12.4. The second-order valence-corrected chi connectivity index (χ2v) is 5.16. The molecular weight excluding hydrogens is 413 g/mol. The zero-order chi connectivity index (χ0) is 15.2. The lowest BCUT2D eigenvalue weighted by Gasteiger charge is -2.11. The minimum absolute atomic E-state index is 0. The maximum atomic E-state index is 10.1. The van der Waals surface area contributed by atoms with Crippen LogP contribution in [-0.4, -0.2) is 17.6 Å². The Balaban J connectivity index is 0.00000242. The summed E-state index contributed by atoms with van der Waals surface area (Å²) in [5.74, 6) is 0.255. The predicted octanol–water partition coefficient (Wildman–Crippen LogP) is 3.73. The van der Waals surface area contributed by atoms with E-state index in [2.05, 4.69) is 10.3 Å². The van der Waals surface area contributed by atoms with E-state index in [0.29, 0.717) is 10.6 Å². The highest BCUT2D eigenvalue weighted by Gasteiger charge is 2.10. The predicted molar refractivity (Wildman–Crippen MR) is 103 cm³/mol. The van der Waals surface area contributed by atoms with Crippen molar-refractivity contribution >= 4 is 47.2 Å². The van der Waals surface area contributed by atoms with Crippen LogP contribution in [0, 0.1) is 6.92 Å². The Morgan fingerprint density at radius 1 is 1.23 bits per heavy atom. The van der Waals surface area contributed by atoms with Crippen LogP contribution >= 0.6 is 35.6 Å². The van der Waals surface area contributed by atoms with Crippen molar-refractivity contribution in [3.8, 4) is 0 Å². The fourth-order valence-electron chi connectivity index (χ4n) is 1.85. The summed E-state index contributed by atoms with van der Waals surface area (Å²) in [5.41, 5.74) is 8.47. The number of nitrogens with one attached hydrogen (secondary N) is 1. The van der Waals surface area contributed by atoms with Gasteiger partial charge in [-0.05, 0) is 25.1 Å². The van der Waals surface area contributed by atoms with Crippen molar-refractivity contribution < 1.29 is 5.11 Å². The van der Waals surface area contributed by atoms with Crippen LogP contribution in [0.1, 0.15) is 17.2 Å². The number of aliphatic hydroxyl groups is 1. The van der Waals surface area contributed by atoms with Gasteiger partial charge in [-0.3, -0.25) is 4.99 Å². The first-order valence-corrected chi connectivity index (χ1v) is 7.00. The number of guanidine groups is 1. The largest absolute Gasteiger partial charge is 0.386 e. The molecule has 0 aliphatic heterocycles. The molecule has 0 radical (unpaired) electrons. The third-order valence-electron chi connectivity index (χ3n) is 3.02. The van der Waals surface area contributed by atoms with Gasteiger partial charge in [0.2, 0.25) is 0 Å². The van der Waals surface area contributed by atoms with E-state index in [0.717, 1.165) is 5.69 Å². The maximum absolute atomic E-state index is 10.1. The van der Waals surface area contributed by atoms with Gasteiger partial charge in [-0.25, -0.2) is 0 Å². The van der Waals surface area contributed by atoms with Gasteiger partial charge in [0.25, 0.3) is 0 Å². The molecule has 1 atom stereocenters. The van der Waals surface area contributed by atoms with Gasteiger partial charge < -0.3 is 16.2 Å². The van der Waals surface area contributed by atoms with Crippen LogP contribution in [0.5, 0.6) is 0 Å². The number of benzene rings is 2. The Bertz CT molecular complexity index is 632. The van der Waals surface area contributed by atoms with Crippen molar-refractivity contribution in [2.24, 2.45) is 10.7 Å². The maximum Gasteiger partial charge on any atom is 0.193 e. The van der Waals surface area contributed by atoms with Crippen molar-refractivity contribution in [1.29, 1.82) is 0 Å². The number of rotatable bonds is 4. The average molecular weight is 432 g/mol. The van der Waals surface area contributed by atoms with Gasteiger partial charge >= 0.3 is 0 Å². The quantitative estimate of drug-likeness (QED) is 0.392. The van der Waals surface area contributed by atoms with Crippen LogP contribution in [0.25, 0.3) is 0 Å². The number of aliphatic hydroxyl groups excluding tert-OH is 1. The SMILES string of the molecule is Cc1ccc(NC(N)=NCC(O)c2ccccc2Cl)cc1.I. The number of anilines is 1. The van der Waals surface area contributed by atoms with Gasteiger partial charge in [0, 0.05) is 16.3 Å². The Morgan fingerprint density at radius 3 is 2.50 bits per heavy atom. The number of nitrogens with zero attached hydrogens (tertiary/aromatic N) is 1. The third kappa shape index (κ3) is 5.47. The molecule has 0 amide bonds. The van der Waals surface area contributed by atoms with E-state index < -0.39 is 6.10 Å². The minimum Gasteiger partial charge on any atom is -0.386 e. The highest BCUT2D eigenvalue weighted by atomic mass is 127. The van der Waals surface area contributed by atoms with Crippen molar-refractivity contribution in [3.63, 3.8) is 0 Å². The topological polar surface area (TPSA) is 70.6 Å². The van der Waals surface area contributed by atoms with Gasteiger partial charge in [0.05, 0.1) is 6.54 Å². The van der Waals surface area contributed by atoms with E-state index in [1.165, 1.54) is 5.56 Å². The van der Waals surface area contributed by atoms with E-state index in [1.807, 2.05) is 43.3 Å². The molecule has 2 rings (SSSR count). The molecule has 22 heavy (non-hydrogen) atoms. The molecule has 1 unspecified atom stereocenters. The number of nitrogens with two attached hydrogens (primary N) is 1. The molecule has 2 aromatic rings. The second kappa shape index (κ2) is 8.97. The molecule has 0 bridgehead atoms. The van der Waals surface area contributed by atoms with Gasteiger partial charge in [-0.2, -0.15) is 0 Å². The van der Waals surface area contributed by atoms with Crippen LogP contribution < -0.4 is 11.1 Å². The van der Waals surface area contributed by atoms with Crippen LogP contribution in [-0.2, 0) is 0 Å². The molecule has 0 heterocycles. The Hall–Kier alpha value is -1.31. The molecule has 0 saturated carbocycles. The molecule has 4 N–H and O–H groups in total. The van der Waals surface area contributed by atoms with E-state index in [4.69, 9.17) is 17.3 Å². The molecular formula is C16H19ClIN3O. The first-order chi connectivity index (χ1) is 10.1. The second-order valence-electron chi connectivity index (χ2n) is 4.75. The van der Waals surface area contributed by atoms with Gasteiger partial charge in [0.1, 0.15) is 6.10 Å². The molecule has 4 nitrogen and oxygen atoms in total. The van der Waals surface area contributed by atoms with Crippen molar-refractivity contribution in [1.82, 2.24) is 0 Å². The average Bonchev–Trinajstić information content (AvgIpc) is 2.48. The molecule has 118 valence electrons. The van der Waals surface area contributed by atoms with Crippen LogP contribution in [0.15, 0.2) is 53.5 Å². The van der Waals surface area contributed by atoms with Crippen LogP contribution in [0.2, 0.25) is 5.02 Å². The smallest absolute Gasteiger partial charge is 0.193 e. The lowest BCUT2D eigenvalue weighted by atomic mass is 10.1. The minimum atomic E-state index is -0.780. The molecule has 0 saturated heterocycles. The highest BCUT2D eigenvalue weighted by Crippen LogP contribution is 2.22. The molecule has 0 aliphatic carbocycles. The Labute approximate surface area is 152 Å². The molecule has 6 heteroatoms. The lowest BCUT2D eigenvalue weighted by Crippen LogP contribution is -2.23. The fraction of sp³-hybridized carbons (Fsp3) is 0.188. The van der Waals surface area contributed by atoms with Crippen molar-refractivity contribution in [3.05, 3.63) is 64.7 Å². The first kappa shape index (κ1) is 18.7. The molecule has 0 aromatic heterocycles. The van der Waals surface area contributed by atoms with E-state index in [-0.39, 0.29) is 36.5 Å². The van der Waals surface area contributed by atoms with E-state index >= 15 is 0 Å². The van der Waals surface area contributed by atoms with Crippen molar-refractivity contribution in [2.75, 3.05) is 11.9 Å². The summed E-state index contributed by atoms with van der Waals surface area (Å²) in [6, 6.07) is 14.9. The fourth-order valence-corrected chi connectivity index (χ4v) is 2.11. The summed E-state index contributed by atoms with van der Waals surface area (Å²) in [4.78, 5) is 4.13.